The maximum absolute atomic E-state index is 12.6. The summed E-state index contributed by atoms with van der Waals surface area (Å²) in [5.74, 6) is -5.79. The summed E-state index contributed by atoms with van der Waals surface area (Å²) in [4.78, 5) is 0. The van der Waals surface area contributed by atoms with Gasteiger partial charge in [-0.15, -0.1) is 0 Å². The SMILES string of the molecule is Cc1c(N)c(O)c(F)c(F)c1F. The number of hydrogen-bond acceptors (Lipinski definition) is 2. The lowest BCUT2D eigenvalue weighted by Gasteiger charge is -2.06. The molecule has 0 saturated heterocycles. The number of benzene rings is 1. The molecule has 1 aromatic carbocycles. The summed E-state index contributed by atoms with van der Waals surface area (Å²) >= 11 is 0. The molecule has 1 aromatic rings. The topological polar surface area (TPSA) is 46.2 Å². The molecule has 2 nitrogen and oxygen atoms in total. The Kier molecular flexibility index (Phi) is 1.87. The molecule has 0 saturated carbocycles. The van der Waals surface area contributed by atoms with Crippen LogP contribution in [0.1, 0.15) is 5.56 Å². The Bertz CT molecular complexity index is 233. The fourth-order valence-corrected chi connectivity index (χ4v) is 0.779. The number of hydrogen-bond donors (Lipinski definition) is 2. The van der Waals surface area contributed by atoms with Gasteiger partial charge in [-0.1, -0.05) is 0 Å². The minimum atomic E-state index is -1.71. The van der Waals surface area contributed by atoms with Crippen molar-refractivity contribution in [3.8, 4) is 5.75 Å². The highest BCUT2D eigenvalue weighted by Gasteiger charge is 2.20. The van der Waals surface area contributed by atoms with E-state index in [4.69, 9.17) is 10.8 Å². The monoisotopic (exact) mass is 177 g/mol. The van der Waals surface area contributed by atoms with Gasteiger partial charge in [-0.2, -0.15) is 4.39 Å². The summed E-state index contributed by atoms with van der Waals surface area (Å²) < 4.78 is 37.6. The van der Waals surface area contributed by atoms with Crippen LogP contribution >= 0.6 is 0 Å². The number of halogens is 3. The van der Waals surface area contributed by atoms with Crippen LogP contribution in [0.2, 0.25) is 0 Å². The van der Waals surface area contributed by atoms with E-state index in [-0.39, 0.29) is 5.56 Å². The molecule has 0 fully saturated rings. The highest BCUT2D eigenvalue weighted by molar-refractivity contribution is 5.58. The lowest BCUT2D eigenvalue weighted by molar-refractivity contribution is 0.387. The zero-order valence-electron chi connectivity index (χ0n) is 6.16. The average Bonchev–Trinajstić information content (AvgIpc) is 2.08. The first kappa shape index (κ1) is 8.70. The van der Waals surface area contributed by atoms with Crippen LogP contribution in [0.3, 0.4) is 0 Å². The molecule has 0 unspecified atom stereocenters. The van der Waals surface area contributed by atoms with E-state index in [9.17, 15) is 13.2 Å². The third-order valence-electron chi connectivity index (χ3n) is 1.58. The molecule has 0 radical (unpaired) electrons. The minimum Gasteiger partial charge on any atom is -0.503 e. The van der Waals surface area contributed by atoms with E-state index < -0.39 is 28.9 Å². The maximum atomic E-state index is 12.6. The molecule has 0 bridgehead atoms. The number of aromatic hydroxyl groups is 1. The second-order valence-corrected chi connectivity index (χ2v) is 2.33. The van der Waals surface area contributed by atoms with Crippen molar-refractivity contribution in [1.82, 2.24) is 0 Å². The van der Waals surface area contributed by atoms with Gasteiger partial charge in [0.05, 0.1) is 5.69 Å². The summed E-state index contributed by atoms with van der Waals surface area (Å²) in [6.07, 6.45) is 0. The van der Waals surface area contributed by atoms with Crippen molar-refractivity contribution in [2.45, 2.75) is 6.92 Å². The smallest absolute Gasteiger partial charge is 0.205 e. The van der Waals surface area contributed by atoms with Crippen molar-refractivity contribution in [2.75, 3.05) is 5.73 Å². The van der Waals surface area contributed by atoms with Crippen LogP contribution in [0, 0.1) is 24.4 Å². The molecular formula is C7H6F3NO. The van der Waals surface area contributed by atoms with Gasteiger partial charge in [-0.05, 0) is 6.92 Å². The van der Waals surface area contributed by atoms with Gasteiger partial charge in [0, 0.05) is 5.56 Å². The first-order chi connectivity index (χ1) is 5.46. The molecule has 0 spiro atoms. The largest absolute Gasteiger partial charge is 0.503 e. The van der Waals surface area contributed by atoms with Crippen LogP contribution < -0.4 is 5.73 Å². The van der Waals surface area contributed by atoms with Crippen molar-refractivity contribution in [3.05, 3.63) is 23.0 Å². The molecule has 0 amide bonds. The van der Waals surface area contributed by atoms with E-state index in [2.05, 4.69) is 0 Å². The Labute approximate surface area is 66.4 Å². The van der Waals surface area contributed by atoms with Gasteiger partial charge in [0.2, 0.25) is 5.82 Å². The number of nitrogen functional groups attached to an aromatic ring is 1. The van der Waals surface area contributed by atoms with E-state index in [1.54, 1.807) is 0 Å². The van der Waals surface area contributed by atoms with Crippen molar-refractivity contribution in [3.63, 3.8) is 0 Å². The van der Waals surface area contributed by atoms with E-state index in [0.717, 1.165) is 6.92 Å². The predicted octanol–water partition coefficient (Wildman–Crippen LogP) is 1.70. The van der Waals surface area contributed by atoms with Crippen molar-refractivity contribution >= 4 is 5.69 Å². The lowest BCUT2D eigenvalue weighted by atomic mass is 10.1. The van der Waals surface area contributed by atoms with E-state index in [0.29, 0.717) is 0 Å². The molecule has 0 aliphatic carbocycles. The quantitative estimate of drug-likeness (QED) is 0.360. The maximum Gasteiger partial charge on any atom is 0.205 e. The Morgan fingerprint density at radius 1 is 1.08 bits per heavy atom. The van der Waals surface area contributed by atoms with Crippen LogP contribution in [-0.4, -0.2) is 5.11 Å². The molecule has 5 heteroatoms. The molecule has 0 atom stereocenters. The Morgan fingerprint density at radius 2 is 1.58 bits per heavy atom. The van der Waals surface area contributed by atoms with Gasteiger partial charge in [0.25, 0.3) is 0 Å². The van der Waals surface area contributed by atoms with Gasteiger partial charge in [-0.25, -0.2) is 8.78 Å². The van der Waals surface area contributed by atoms with Crippen LogP contribution in [0.5, 0.6) is 5.75 Å². The molecule has 0 aliphatic heterocycles. The van der Waals surface area contributed by atoms with Gasteiger partial charge < -0.3 is 10.8 Å². The second kappa shape index (κ2) is 2.58. The third kappa shape index (κ3) is 0.975. The average molecular weight is 177 g/mol. The number of phenolic OH excluding ortho intramolecular Hbond substituents is 1. The van der Waals surface area contributed by atoms with Crippen LogP contribution in [0.25, 0.3) is 0 Å². The van der Waals surface area contributed by atoms with Crippen LogP contribution in [-0.2, 0) is 0 Å². The fraction of sp³-hybridized carbons (Fsp3) is 0.143. The van der Waals surface area contributed by atoms with Crippen LogP contribution in [0.15, 0.2) is 0 Å². The molecule has 66 valence electrons. The standard InChI is InChI=1S/C7H6F3NO/c1-2-3(8)4(9)5(10)7(12)6(2)11/h12H,11H2,1H3. The van der Waals surface area contributed by atoms with Gasteiger partial charge in [0.15, 0.2) is 17.4 Å². The summed E-state index contributed by atoms with van der Waals surface area (Å²) in [7, 11) is 0. The zero-order chi connectivity index (χ0) is 9.46. The molecule has 1 rings (SSSR count). The number of rotatable bonds is 0. The molecule has 3 N–H and O–H groups in total. The Hall–Kier alpha value is -1.39. The van der Waals surface area contributed by atoms with Gasteiger partial charge in [-0.3, -0.25) is 0 Å². The predicted molar refractivity (Wildman–Crippen MR) is 37.1 cm³/mol. The highest BCUT2D eigenvalue weighted by Crippen LogP contribution is 2.31. The third-order valence-corrected chi connectivity index (χ3v) is 1.58. The van der Waals surface area contributed by atoms with Gasteiger partial charge in [0.1, 0.15) is 0 Å². The summed E-state index contributed by atoms with van der Waals surface area (Å²) in [6, 6.07) is 0. The molecular weight excluding hydrogens is 171 g/mol. The Morgan fingerprint density at radius 3 is 2.08 bits per heavy atom. The minimum absolute atomic E-state index is 0.300. The second-order valence-electron chi connectivity index (χ2n) is 2.33. The number of phenols is 1. The fourth-order valence-electron chi connectivity index (χ4n) is 0.779. The molecule has 0 aliphatic rings. The molecule has 0 aromatic heterocycles. The van der Waals surface area contributed by atoms with Crippen LogP contribution in [0.4, 0.5) is 18.9 Å². The lowest BCUT2D eigenvalue weighted by Crippen LogP contribution is -2.01. The van der Waals surface area contributed by atoms with Crippen molar-refractivity contribution in [2.24, 2.45) is 0 Å². The highest BCUT2D eigenvalue weighted by atomic mass is 19.2. The van der Waals surface area contributed by atoms with E-state index in [1.807, 2.05) is 0 Å². The first-order valence-electron chi connectivity index (χ1n) is 3.08. The number of anilines is 1. The summed E-state index contributed by atoms with van der Waals surface area (Å²) in [5, 5.41) is 8.79. The number of nitrogens with two attached hydrogens (primary N) is 1. The molecule has 12 heavy (non-hydrogen) atoms. The van der Waals surface area contributed by atoms with Gasteiger partial charge >= 0.3 is 0 Å². The first-order valence-corrected chi connectivity index (χ1v) is 3.08. The zero-order valence-corrected chi connectivity index (χ0v) is 6.16. The Balaban J connectivity index is 3.60. The van der Waals surface area contributed by atoms with Crippen molar-refractivity contribution in [1.29, 1.82) is 0 Å². The summed E-state index contributed by atoms with van der Waals surface area (Å²) in [6.45, 7) is 1.15. The normalized spacial score (nSPS) is 10.3. The van der Waals surface area contributed by atoms with Crippen molar-refractivity contribution < 1.29 is 18.3 Å². The summed E-state index contributed by atoms with van der Waals surface area (Å²) in [5.41, 5.74) is 4.28. The molecule has 0 heterocycles. The van der Waals surface area contributed by atoms with E-state index in [1.165, 1.54) is 0 Å². The van der Waals surface area contributed by atoms with E-state index >= 15 is 0 Å².